The maximum Gasteiger partial charge on any atom is 0.253 e. The van der Waals surface area contributed by atoms with E-state index in [2.05, 4.69) is 5.32 Å². The highest BCUT2D eigenvalue weighted by molar-refractivity contribution is 7.89. The molecule has 1 aromatic heterocycles. The Balaban J connectivity index is 2.40. The van der Waals surface area contributed by atoms with E-state index in [1.54, 1.807) is 11.3 Å². The SMILES string of the molecule is CN(C)S(=O)(=O)c1ccc(Cl)c(C(=O)N[C@H](c2cccs2)C(C)(C)C)c1. The molecule has 8 heteroatoms. The van der Waals surface area contributed by atoms with Gasteiger partial charge in [-0.1, -0.05) is 38.4 Å². The molecule has 0 aliphatic heterocycles. The Bertz CT molecular complexity index is 886. The molecule has 26 heavy (non-hydrogen) atoms. The Kier molecular flexibility index (Phi) is 6.17. The number of thiophene rings is 1. The third-order valence-electron chi connectivity index (χ3n) is 3.93. The zero-order valence-corrected chi connectivity index (χ0v) is 17.8. The summed E-state index contributed by atoms with van der Waals surface area (Å²) in [5.41, 5.74) is -0.0827. The van der Waals surface area contributed by atoms with E-state index in [9.17, 15) is 13.2 Å². The summed E-state index contributed by atoms with van der Waals surface area (Å²) < 4.78 is 25.8. The molecule has 1 heterocycles. The standard InChI is InChI=1S/C18H23ClN2O3S2/c1-18(2,3)16(15-7-6-10-25-15)20-17(22)13-11-12(8-9-14(13)19)26(23,24)21(4)5/h6-11,16H,1-5H3,(H,20,22)/t16-/m1/s1. The maximum absolute atomic E-state index is 12.9. The zero-order chi connectivity index (χ0) is 19.7. The molecule has 0 saturated heterocycles. The molecule has 0 aliphatic rings. The number of halogens is 1. The lowest BCUT2D eigenvalue weighted by molar-refractivity contribution is 0.0903. The van der Waals surface area contributed by atoms with Crippen molar-refractivity contribution in [2.24, 2.45) is 5.41 Å². The first-order chi connectivity index (χ1) is 11.9. The van der Waals surface area contributed by atoms with Crippen molar-refractivity contribution in [3.8, 4) is 0 Å². The van der Waals surface area contributed by atoms with Gasteiger partial charge in [-0.2, -0.15) is 0 Å². The summed E-state index contributed by atoms with van der Waals surface area (Å²) in [5.74, 6) is -0.404. The van der Waals surface area contributed by atoms with Crippen LogP contribution in [0.4, 0.5) is 0 Å². The van der Waals surface area contributed by atoms with E-state index in [0.717, 1.165) is 9.18 Å². The van der Waals surface area contributed by atoms with Gasteiger partial charge in [0.1, 0.15) is 0 Å². The number of hydrogen-bond donors (Lipinski definition) is 1. The van der Waals surface area contributed by atoms with E-state index >= 15 is 0 Å². The first kappa shape index (κ1) is 20.9. The van der Waals surface area contributed by atoms with Crippen LogP contribution in [0.15, 0.2) is 40.6 Å². The molecule has 2 rings (SSSR count). The van der Waals surface area contributed by atoms with Crippen LogP contribution in [0.2, 0.25) is 5.02 Å². The first-order valence-corrected chi connectivity index (χ1v) is 10.7. The van der Waals surface area contributed by atoms with Crippen molar-refractivity contribution < 1.29 is 13.2 Å². The Morgan fingerprint density at radius 1 is 1.23 bits per heavy atom. The highest BCUT2D eigenvalue weighted by atomic mass is 35.5. The maximum atomic E-state index is 12.9. The van der Waals surface area contributed by atoms with Crippen molar-refractivity contribution >= 4 is 38.9 Å². The smallest absolute Gasteiger partial charge is 0.253 e. The van der Waals surface area contributed by atoms with Crippen LogP contribution in [0, 0.1) is 5.41 Å². The van der Waals surface area contributed by atoms with Crippen molar-refractivity contribution in [3.05, 3.63) is 51.2 Å². The molecule has 0 spiro atoms. The van der Waals surface area contributed by atoms with Crippen LogP contribution in [0.1, 0.15) is 42.0 Å². The second kappa shape index (κ2) is 7.68. The van der Waals surface area contributed by atoms with E-state index in [1.807, 2.05) is 38.3 Å². The summed E-state index contributed by atoms with van der Waals surface area (Å²) in [5, 5.41) is 5.17. The quantitative estimate of drug-likeness (QED) is 0.798. The minimum Gasteiger partial charge on any atom is -0.344 e. The van der Waals surface area contributed by atoms with Gasteiger partial charge in [-0.15, -0.1) is 11.3 Å². The highest BCUT2D eigenvalue weighted by Gasteiger charge is 2.30. The predicted molar refractivity (Wildman–Crippen MR) is 106 cm³/mol. The third kappa shape index (κ3) is 4.46. The van der Waals surface area contributed by atoms with Crippen LogP contribution in [0.25, 0.3) is 0 Å². The van der Waals surface area contributed by atoms with Gasteiger partial charge in [0.05, 0.1) is 21.5 Å². The molecule has 1 N–H and O–H groups in total. The second-order valence-electron chi connectivity index (χ2n) is 7.22. The first-order valence-electron chi connectivity index (χ1n) is 8.01. The summed E-state index contributed by atoms with van der Waals surface area (Å²) >= 11 is 7.74. The molecular formula is C18H23ClN2O3S2. The Hall–Kier alpha value is -1.41. The molecule has 0 bridgehead atoms. The number of nitrogens with one attached hydrogen (secondary N) is 1. The van der Waals surface area contributed by atoms with E-state index in [0.29, 0.717) is 0 Å². The Morgan fingerprint density at radius 3 is 2.38 bits per heavy atom. The fourth-order valence-electron chi connectivity index (χ4n) is 2.43. The molecule has 5 nitrogen and oxygen atoms in total. The monoisotopic (exact) mass is 414 g/mol. The van der Waals surface area contributed by atoms with E-state index in [-0.39, 0.29) is 26.9 Å². The molecule has 0 unspecified atom stereocenters. The fraction of sp³-hybridized carbons (Fsp3) is 0.389. The van der Waals surface area contributed by atoms with E-state index in [1.165, 1.54) is 32.3 Å². The fourth-order valence-corrected chi connectivity index (χ4v) is 4.58. The lowest BCUT2D eigenvalue weighted by Gasteiger charge is -2.31. The van der Waals surface area contributed by atoms with Crippen molar-refractivity contribution in [2.45, 2.75) is 31.7 Å². The number of sulfonamides is 1. The minimum atomic E-state index is -3.65. The number of benzene rings is 1. The van der Waals surface area contributed by atoms with E-state index in [4.69, 9.17) is 11.6 Å². The van der Waals surface area contributed by atoms with Crippen molar-refractivity contribution in [1.82, 2.24) is 9.62 Å². The van der Waals surface area contributed by atoms with Crippen LogP contribution in [0.5, 0.6) is 0 Å². The highest BCUT2D eigenvalue weighted by Crippen LogP contribution is 2.35. The number of amides is 1. The molecule has 0 saturated carbocycles. The minimum absolute atomic E-state index is 0.0282. The molecule has 1 aromatic carbocycles. The molecule has 2 aromatic rings. The summed E-state index contributed by atoms with van der Waals surface area (Å²) in [6, 6.07) is 7.83. The van der Waals surface area contributed by atoms with Gasteiger partial charge in [0.25, 0.3) is 5.91 Å². The average Bonchev–Trinajstić information content (AvgIpc) is 3.05. The van der Waals surface area contributed by atoms with Gasteiger partial charge in [0, 0.05) is 19.0 Å². The van der Waals surface area contributed by atoms with Crippen LogP contribution < -0.4 is 5.32 Å². The second-order valence-corrected chi connectivity index (χ2v) is 10.8. The summed E-state index contributed by atoms with van der Waals surface area (Å²) in [7, 11) is -0.772. The number of rotatable bonds is 5. The largest absolute Gasteiger partial charge is 0.344 e. The van der Waals surface area contributed by atoms with Gasteiger partial charge in [-0.05, 0) is 35.1 Å². The number of carbonyl (C=O) groups excluding carboxylic acids is 1. The molecule has 0 fully saturated rings. The summed E-state index contributed by atoms with van der Waals surface area (Å²) in [6.07, 6.45) is 0. The van der Waals surface area contributed by atoms with E-state index < -0.39 is 15.9 Å². The van der Waals surface area contributed by atoms with Crippen LogP contribution in [0.3, 0.4) is 0 Å². The predicted octanol–water partition coefficient (Wildman–Crippen LogP) is 4.17. The van der Waals surface area contributed by atoms with Gasteiger partial charge in [-0.3, -0.25) is 4.79 Å². The van der Waals surface area contributed by atoms with Crippen LogP contribution in [-0.4, -0.2) is 32.7 Å². The molecular weight excluding hydrogens is 392 g/mol. The van der Waals surface area contributed by atoms with Gasteiger partial charge >= 0.3 is 0 Å². The van der Waals surface area contributed by atoms with Gasteiger partial charge < -0.3 is 5.32 Å². The summed E-state index contributed by atoms with van der Waals surface area (Å²) in [4.78, 5) is 13.9. The lowest BCUT2D eigenvalue weighted by atomic mass is 9.85. The van der Waals surface area contributed by atoms with Gasteiger partial charge in [0.15, 0.2) is 0 Å². The van der Waals surface area contributed by atoms with Crippen molar-refractivity contribution in [2.75, 3.05) is 14.1 Å². The number of nitrogens with zero attached hydrogens (tertiary/aromatic N) is 1. The van der Waals surface area contributed by atoms with Crippen molar-refractivity contribution in [1.29, 1.82) is 0 Å². The Morgan fingerprint density at radius 2 is 1.88 bits per heavy atom. The lowest BCUT2D eigenvalue weighted by Crippen LogP contribution is -2.36. The number of hydrogen-bond acceptors (Lipinski definition) is 4. The normalized spacial score (nSPS) is 13.7. The Labute approximate surface area is 164 Å². The summed E-state index contributed by atoms with van der Waals surface area (Å²) in [6.45, 7) is 6.10. The third-order valence-corrected chi connectivity index (χ3v) is 7.01. The molecule has 1 amide bonds. The molecule has 0 aliphatic carbocycles. The zero-order valence-electron chi connectivity index (χ0n) is 15.4. The van der Waals surface area contributed by atoms with Crippen LogP contribution >= 0.6 is 22.9 Å². The number of carbonyl (C=O) groups is 1. The average molecular weight is 415 g/mol. The van der Waals surface area contributed by atoms with Gasteiger partial charge in [-0.25, -0.2) is 12.7 Å². The topological polar surface area (TPSA) is 66.5 Å². The molecule has 142 valence electrons. The van der Waals surface area contributed by atoms with Gasteiger partial charge in [0.2, 0.25) is 10.0 Å². The van der Waals surface area contributed by atoms with Crippen molar-refractivity contribution in [3.63, 3.8) is 0 Å². The molecule has 0 radical (unpaired) electrons. The molecule has 1 atom stereocenters. The van der Waals surface area contributed by atoms with Crippen LogP contribution in [-0.2, 0) is 10.0 Å².